The monoisotopic (exact) mass is 444 g/mol. The van der Waals surface area contributed by atoms with Gasteiger partial charge in [-0.2, -0.15) is 0 Å². The minimum atomic E-state index is -0.208. The van der Waals surface area contributed by atoms with Crippen molar-refractivity contribution in [2.24, 2.45) is 0 Å². The number of carbonyl (C=O) groups excluding carboxylic acids is 2. The van der Waals surface area contributed by atoms with Crippen LogP contribution in [0.3, 0.4) is 0 Å². The number of thiazole rings is 1. The van der Waals surface area contributed by atoms with Crippen molar-refractivity contribution in [2.45, 2.75) is 32.5 Å². The molecule has 0 fully saturated rings. The molecule has 0 spiro atoms. The number of hydrogen-bond donors (Lipinski definition) is 1. The van der Waals surface area contributed by atoms with E-state index in [1.165, 1.54) is 28.0 Å². The maximum Gasteiger partial charge on any atom is 0.265 e. The van der Waals surface area contributed by atoms with E-state index < -0.39 is 0 Å². The molecular weight excluding hydrogens is 420 g/mol. The standard InChI is InChI=1S/C20H24N6O2S2/c1-6-26-17(14-9-7-8-12(2)10-14)23-24-20(26)29-11-15(27)22-19-21-13(3)16(30-19)18(28)25(4)5/h7-10H,6,11H2,1-5H3,(H,21,22,27). The summed E-state index contributed by atoms with van der Waals surface area (Å²) in [6, 6.07) is 8.09. The smallest absolute Gasteiger partial charge is 0.265 e. The fourth-order valence-corrected chi connectivity index (χ4v) is 4.62. The molecule has 2 heterocycles. The van der Waals surface area contributed by atoms with Crippen molar-refractivity contribution >= 4 is 40.0 Å². The van der Waals surface area contributed by atoms with Gasteiger partial charge in [-0.25, -0.2) is 4.98 Å². The first-order valence-electron chi connectivity index (χ1n) is 9.42. The van der Waals surface area contributed by atoms with E-state index in [1.807, 2.05) is 36.6 Å². The lowest BCUT2D eigenvalue weighted by Gasteiger charge is -2.08. The van der Waals surface area contributed by atoms with Crippen LogP contribution in [0.15, 0.2) is 29.4 Å². The van der Waals surface area contributed by atoms with E-state index in [1.54, 1.807) is 21.0 Å². The molecule has 0 saturated carbocycles. The summed E-state index contributed by atoms with van der Waals surface area (Å²) < 4.78 is 1.99. The third kappa shape index (κ3) is 4.88. The molecule has 0 saturated heterocycles. The first-order chi connectivity index (χ1) is 14.3. The van der Waals surface area contributed by atoms with Crippen LogP contribution in [0.25, 0.3) is 11.4 Å². The number of amides is 2. The van der Waals surface area contributed by atoms with Crippen LogP contribution in [0, 0.1) is 13.8 Å². The maximum absolute atomic E-state index is 12.4. The topological polar surface area (TPSA) is 93.0 Å². The Kier molecular flexibility index (Phi) is 6.88. The van der Waals surface area contributed by atoms with Crippen LogP contribution in [0.1, 0.15) is 27.9 Å². The Morgan fingerprint density at radius 2 is 2.00 bits per heavy atom. The zero-order chi connectivity index (χ0) is 21.8. The number of hydrogen-bond acceptors (Lipinski definition) is 7. The average molecular weight is 445 g/mol. The molecule has 3 aromatic rings. The van der Waals surface area contributed by atoms with Gasteiger partial charge in [0, 0.05) is 26.2 Å². The summed E-state index contributed by atoms with van der Waals surface area (Å²) in [5, 5.41) is 12.5. The van der Waals surface area contributed by atoms with Crippen molar-refractivity contribution in [2.75, 3.05) is 25.2 Å². The van der Waals surface area contributed by atoms with Crippen LogP contribution >= 0.6 is 23.1 Å². The summed E-state index contributed by atoms with van der Waals surface area (Å²) >= 11 is 2.50. The van der Waals surface area contributed by atoms with Crippen molar-refractivity contribution in [3.05, 3.63) is 40.4 Å². The molecule has 1 N–H and O–H groups in total. The SMILES string of the molecule is CCn1c(SCC(=O)Nc2nc(C)c(C(=O)N(C)C)s2)nnc1-c1cccc(C)c1. The van der Waals surface area contributed by atoms with Gasteiger partial charge in [-0.3, -0.25) is 9.59 Å². The molecule has 2 amide bonds. The zero-order valence-corrected chi connectivity index (χ0v) is 19.2. The van der Waals surface area contributed by atoms with E-state index in [0.717, 1.165) is 17.0 Å². The Labute approximate surface area is 183 Å². The minimum absolute atomic E-state index is 0.125. The van der Waals surface area contributed by atoms with Crippen molar-refractivity contribution in [3.63, 3.8) is 0 Å². The van der Waals surface area contributed by atoms with Gasteiger partial charge in [-0.05, 0) is 26.8 Å². The number of aromatic nitrogens is 4. The molecule has 0 aliphatic heterocycles. The first-order valence-corrected chi connectivity index (χ1v) is 11.2. The van der Waals surface area contributed by atoms with Crippen LogP contribution in [-0.2, 0) is 11.3 Å². The van der Waals surface area contributed by atoms with Gasteiger partial charge in [-0.15, -0.1) is 10.2 Å². The summed E-state index contributed by atoms with van der Waals surface area (Å²) in [7, 11) is 3.37. The van der Waals surface area contributed by atoms with Crippen molar-refractivity contribution in [1.29, 1.82) is 0 Å². The number of anilines is 1. The van der Waals surface area contributed by atoms with Crippen LogP contribution in [-0.4, -0.2) is 56.3 Å². The van der Waals surface area contributed by atoms with Crippen molar-refractivity contribution in [3.8, 4) is 11.4 Å². The molecule has 0 bridgehead atoms. The van der Waals surface area contributed by atoms with Gasteiger partial charge >= 0.3 is 0 Å². The number of aryl methyl sites for hydroxylation is 2. The molecular formula is C20H24N6O2S2. The summed E-state index contributed by atoms with van der Waals surface area (Å²) in [6.07, 6.45) is 0. The van der Waals surface area contributed by atoms with Crippen LogP contribution in [0.2, 0.25) is 0 Å². The molecule has 30 heavy (non-hydrogen) atoms. The molecule has 0 unspecified atom stereocenters. The predicted octanol–water partition coefficient (Wildman–Crippen LogP) is 3.47. The summed E-state index contributed by atoms with van der Waals surface area (Å²) in [5.41, 5.74) is 2.75. The molecule has 1 aromatic carbocycles. The highest BCUT2D eigenvalue weighted by Gasteiger charge is 2.19. The molecule has 0 aliphatic rings. The summed E-state index contributed by atoms with van der Waals surface area (Å²) in [4.78, 5) is 30.9. The number of rotatable bonds is 7. The van der Waals surface area contributed by atoms with Gasteiger partial charge in [0.25, 0.3) is 5.91 Å². The minimum Gasteiger partial charge on any atom is -0.344 e. The van der Waals surface area contributed by atoms with E-state index >= 15 is 0 Å². The molecule has 10 heteroatoms. The number of nitrogens with zero attached hydrogens (tertiary/aromatic N) is 5. The fourth-order valence-electron chi connectivity index (χ4n) is 2.82. The highest BCUT2D eigenvalue weighted by atomic mass is 32.2. The molecule has 0 atom stereocenters. The van der Waals surface area contributed by atoms with Gasteiger partial charge in [0.1, 0.15) is 4.88 Å². The average Bonchev–Trinajstić information content (AvgIpc) is 3.28. The van der Waals surface area contributed by atoms with E-state index in [0.29, 0.717) is 27.4 Å². The van der Waals surface area contributed by atoms with E-state index in [2.05, 4.69) is 26.6 Å². The van der Waals surface area contributed by atoms with Crippen molar-refractivity contribution < 1.29 is 9.59 Å². The van der Waals surface area contributed by atoms with Gasteiger partial charge in [-0.1, -0.05) is 46.9 Å². The third-order valence-electron chi connectivity index (χ3n) is 4.29. The Bertz CT molecular complexity index is 1070. The third-order valence-corrected chi connectivity index (χ3v) is 6.31. The Hall–Kier alpha value is -2.72. The van der Waals surface area contributed by atoms with Crippen LogP contribution in [0.4, 0.5) is 5.13 Å². The van der Waals surface area contributed by atoms with Gasteiger partial charge in [0.05, 0.1) is 11.4 Å². The largest absolute Gasteiger partial charge is 0.344 e. The quantitative estimate of drug-likeness (QED) is 0.561. The second kappa shape index (κ2) is 9.40. The molecule has 8 nitrogen and oxygen atoms in total. The van der Waals surface area contributed by atoms with E-state index in [4.69, 9.17) is 0 Å². The fraction of sp³-hybridized carbons (Fsp3) is 0.350. The Morgan fingerprint density at radius 3 is 2.67 bits per heavy atom. The summed E-state index contributed by atoms with van der Waals surface area (Å²) in [6.45, 7) is 6.51. The second-order valence-corrected chi connectivity index (χ2v) is 8.83. The Balaban J connectivity index is 1.67. The van der Waals surface area contributed by atoms with Gasteiger partial charge < -0.3 is 14.8 Å². The first kappa shape index (κ1) is 22.0. The van der Waals surface area contributed by atoms with Crippen LogP contribution < -0.4 is 5.32 Å². The molecule has 0 aliphatic carbocycles. The zero-order valence-electron chi connectivity index (χ0n) is 17.6. The molecule has 0 radical (unpaired) electrons. The lowest BCUT2D eigenvalue weighted by atomic mass is 10.1. The number of nitrogens with one attached hydrogen (secondary N) is 1. The van der Waals surface area contributed by atoms with E-state index in [-0.39, 0.29) is 17.6 Å². The van der Waals surface area contributed by atoms with Crippen LogP contribution in [0.5, 0.6) is 0 Å². The number of thioether (sulfide) groups is 1. The Morgan fingerprint density at radius 1 is 1.23 bits per heavy atom. The van der Waals surface area contributed by atoms with Crippen molar-refractivity contribution in [1.82, 2.24) is 24.6 Å². The maximum atomic E-state index is 12.4. The molecule has 3 rings (SSSR count). The highest BCUT2D eigenvalue weighted by Crippen LogP contribution is 2.26. The number of benzene rings is 1. The lowest BCUT2D eigenvalue weighted by Crippen LogP contribution is -2.21. The second-order valence-electron chi connectivity index (χ2n) is 6.89. The highest BCUT2D eigenvalue weighted by molar-refractivity contribution is 7.99. The van der Waals surface area contributed by atoms with Gasteiger partial charge in [0.2, 0.25) is 5.91 Å². The normalized spacial score (nSPS) is 10.8. The predicted molar refractivity (Wildman–Crippen MR) is 120 cm³/mol. The van der Waals surface area contributed by atoms with E-state index in [9.17, 15) is 9.59 Å². The number of carbonyl (C=O) groups is 2. The molecule has 2 aromatic heterocycles. The molecule has 158 valence electrons. The summed E-state index contributed by atoms with van der Waals surface area (Å²) in [5.74, 6) is 0.619. The van der Waals surface area contributed by atoms with Gasteiger partial charge in [0.15, 0.2) is 16.1 Å². The lowest BCUT2D eigenvalue weighted by molar-refractivity contribution is -0.113.